The third-order valence-electron chi connectivity index (χ3n) is 3.54. The zero-order chi connectivity index (χ0) is 15.4. The molecule has 22 heavy (non-hydrogen) atoms. The molecule has 1 aliphatic heterocycles. The van der Waals surface area contributed by atoms with Crippen molar-refractivity contribution in [3.63, 3.8) is 0 Å². The van der Waals surface area contributed by atoms with Crippen LogP contribution in [0.25, 0.3) is 0 Å². The summed E-state index contributed by atoms with van der Waals surface area (Å²) in [6.07, 6.45) is -0.00226. The third kappa shape index (κ3) is 3.91. The molecule has 0 radical (unpaired) electrons. The molecule has 2 atom stereocenters. The van der Waals surface area contributed by atoms with Crippen molar-refractivity contribution in [3.05, 3.63) is 47.7 Å². The lowest BCUT2D eigenvalue weighted by molar-refractivity contribution is -0.0830. The van der Waals surface area contributed by atoms with Gasteiger partial charge in [-0.2, -0.15) is 0 Å². The van der Waals surface area contributed by atoms with Crippen molar-refractivity contribution >= 4 is 0 Å². The molecule has 1 aliphatic rings. The molecule has 3 rings (SSSR count). The van der Waals surface area contributed by atoms with E-state index in [-0.39, 0.29) is 12.2 Å². The van der Waals surface area contributed by atoms with Crippen LogP contribution in [0.3, 0.4) is 0 Å². The standard InChI is InChI=1S/C16H21N3O3/c1-12-8-19(2)9-14(21-12)16-18-17-15(22-16)11-20-10-13-6-4-3-5-7-13/h3-7,12,14H,8-11H2,1-2H3/t12-,14-/m1/s1. The Morgan fingerprint density at radius 1 is 1.18 bits per heavy atom. The van der Waals surface area contributed by atoms with E-state index in [1.165, 1.54) is 0 Å². The molecule has 1 saturated heterocycles. The van der Waals surface area contributed by atoms with Gasteiger partial charge in [0.05, 0.1) is 12.7 Å². The quantitative estimate of drug-likeness (QED) is 0.843. The van der Waals surface area contributed by atoms with E-state index in [2.05, 4.69) is 22.1 Å². The molecule has 1 fully saturated rings. The van der Waals surface area contributed by atoms with Gasteiger partial charge in [-0.3, -0.25) is 0 Å². The van der Waals surface area contributed by atoms with E-state index in [0.717, 1.165) is 18.7 Å². The van der Waals surface area contributed by atoms with Crippen molar-refractivity contribution in [3.8, 4) is 0 Å². The first-order chi connectivity index (χ1) is 10.7. The van der Waals surface area contributed by atoms with Gasteiger partial charge in [-0.25, -0.2) is 0 Å². The van der Waals surface area contributed by atoms with Crippen LogP contribution in [-0.2, 0) is 22.7 Å². The molecule has 2 aromatic rings. The molecule has 6 heteroatoms. The molecule has 6 nitrogen and oxygen atoms in total. The number of morpholine rings is 1. The first kappa shape index (κ1) is 15.1. The lowest BCUT2D eigenvalue weighted by Crippen LogP contribution is -2.40. The summed E-state index contributed by atoms with van der Waals surface area (Å²) in [5.74, 6) is 1.01. The summed E-state index contributed by atoms with van der Waals surface area (Å²) in [5.41, 5.74) is 1.12. The Balaban J connectivity index is 1.53. The Bertz CT molecular complexity index is 577. The first-order valence-electron chi connectivity index (χ1n) is 7.48. The predicted molar refractivity (Wildman–Crippen MR) is 80.0 cm³/mol. The summed E-state index contributed by atoms with van der Waals surface area (Å²) in [5, 5.41) is 8.12. The van der Waals surface area contributed by atoms with E-state index in [1.54, 1.807) is 0 Å². The van der Waals surface area contributed by atoms with Crippen LogP contribution < -0.4 is 0 Å². The molecule has 0 spiro atoms. The summed E-state index contributed by atoms with van der Waals surface area (Å²) in [6.45, 7) is 4.55. The molecule has 1 aromatic heterocycles. The molecule has 0 amide bonds. The number of aromatic nitrogens is 2. The monoisotopic (exact) mass is 303 g/mol. The van der Waals surface area contributed by atoms with Gasteiger partial charge in [-0.15, -0.1) is 10.2 Å². The van der Waals surface area contributed by atoms with E-state index in [1.807, 2.05) is 37.3 Å². The molecule has 0 saturated carbocycles. The Hall–Kier alpha value is -1.76. The van der Waals surface area contributed by atoms with E-state index < -0.39 is 0 Å². The van der Waals surface area contributed by atoms with Gasteiger partial charge in [-0.1, -0.05) is 30.3 Å². The highest BCUT2D eigenvalue weighted by Gasteiger charge is 2.28. The minimum atomic E-state index is -0.163. The fourth-order valence-electron chi connectivity index (χ4n) is 2.58. The van der Waals surface area contributed by atoms with Gasteiger partial charge in [0.1, 0.15) is 12.7 Å². The highest BCUT2D eigenvalue weighted by molar-refractivity contribution is 5.13. The smallest absolute Gasteiger partial charge is 0.246 e. The fraction of sp³-hybridized carbons (Fsp3) is 0.500. The second kappa shape index (κ2) is 7.00. The largest absolute Gasteiger partial charge is 0.420 e. The Kier molecular flexibility index (Phi) is 4.82. The van der Waals surface area contributed by atoms with E-state index >= 15 is 0 Å². The normalized spacial score (nSPS) is 22.8. The van der Waals surface area contributed by atoms with Gasteiger partial charge in [0.2, 0.25) is 11.8 Å². The number of likely N-dealkylation sites (N-methyl/N-ethyl adjacent to an activating group) is 1. The van der Waals surface area contributed by atoms with Crippen LogP contribution in [0.2, 0.25) is 0 Å². The zero-order valence-corrected chi connectivity index (χ0v) is 12.9. The van der Waals surface area contributed by atoms with Gasteiger partial charge in [0.15, 0.2) is 0 Å². The summed E-state index contributed by atoms with van der Waals surface area (Å²) in [7, 11) is 2.06. The van der Waals surface area contributed by atoms with Crippen molar-refractivity contribution in [1.82, 2.24) is 15.1 Å². The summed E-state index contributed by atoms with van der Waals surface area (Å²) in [6, 6.07) is 10.00. The van der Waals surface area contributed by atoms with Crippen LogP contribution in [0.1, 0.15) is 30.4 Å². The Labute approximate surface area is 130 Å². The molecule has 1 aromatic carbocycles. The molecule has 0 unspecified atom stereocenters. The molecule has 0 N–H and O–H groups in total. The zero-order valence-electron chi connectivity index (χ0n) is 12.9. The number of nitrogens with zero attached hydrogens (tertiary/aromatic N) is 3. The Morgan fingerprint density at radius 3 is 2.77 bits per heavy atom. The van der Waals surface area contributed by atoms with Crippen molar-refractivity contribution < 1.29 is 13.9 Å². The second-order valence-corrected chi connectivity index (χ2v) is 5.67. The van der Waals surface area contributed by atoms with Gasteiger partial charge < -0.3 is 18.8 Å². The number of benzene rings is 1. The van der Waals surface area contributed by atoms with Crippen molar-refractivity contribution in [1.29, 1.82) is 0 Å². The highest BCUT2D eigenvalue weighted by Crippen LogP contribution is 2.23. The molecular weight excluding hydrogens is 282 g/mol. The van der Waals surface area contributed by atoms with Gasteiger partial charge in [-0.05, 0) is 19.5 Å². The number of hydrogen-bond donors (Lipinski definition) is 0. The van der Waals surface area contributed by atoms with Crippen molar-refractivity contribution in [2.24, 2.45) is 0 Å². The molecule has 2 heterocycles. The van der Waals surface area contributed by atoms with Crippen LogP contribution >= 0.6 is 0 Å². The van der Waals surface area contributed by atoms with Crippen LogP contribution in [0.5, 0.6) is 0 Å². The van der Waals surface area contributed by atoms with E-state index in [0.29, 0.717) is 25.0 Å². The lowest BCUT2D eigenvalue weighted by Gasteiger charge is -2.32. The van der Waals surface area contributed by atoms with Crippen molar-refractivity contribution in [2.45, 2.75) is 32.3 Å². The second-order valence-electron chi connectivity index (χ2n) is 5.67. The fourth-order valence-corrected chi connectivity index (χ4v) is 2.58. The summed E-state index contributed by atoms with van der Waals surface area (Å²) in [4.78, 5) is 2.20. The minimum absolute atomic E-state index is 0.161. The van der Waals surface area contributed by atoms with E-state index in [9.17, 15) is 0 Å². The van der Waals surface area contributed by atoms with Gasteiger partial charge in [0, 0.05) is 13.1 Å². The molecular formula is C16H21N3O3. The molecule has 118 valence electrons. The number of rotatable bonds is 5. The average molecular weight is 303 g/mol. The molecule has 0 bridgehead atoms. The number of hydrogen-bond acceptors (Lipinski definition) is 6. The van der Waals surface area contributed by atoms with Gasteiger partial charge in [0.25, 0.3) is 0 Å². The SMILES string of the molecule is C[C@@H]1CN(C)C[C@H](c2nnc(COCc3ccccc3)o2)O1. The van der Waals surface area contributed by atoms with E-state index in [4.69, 9.17) is 13.9 Å². The van der Waals surface area contributed by atoms with Crippen LogP contribution in [0.4, 0.5) is 0 Å². The average Bonchev–Trinajstić information content (AvgIpc) is 2.96. The van der Waals surface area contributed by atoms with Gasteiger partial charge >= 0.3 is 0 Å². The third-order valence-corrected chi connectivity index (χ3v) is 3.54. The Morgan fingerprint density at radius 2 is 2.00 bits per heavy atom. The maximum Gasteiger partial charge on any atom is 0.246 e. The van der Waals surface area contributed by atoms with Crippen molar-refractivity contribution in [2.75, 3.05) is 20.1 Å². The maximum absolute atomic E-state index is 5.85. The van der Waals surface area contributed by atoms with Crippen LogP contribution in [0.15, 0.2) is 34.7 Å². The molecule has 0 aliphatic carbocycles. The first-order valence-corrected chi connectivity index (χ1v) is 7.48. The minimum Gasteiger partial charge on any atom is -0.420 e. The van der Waals surface area contributed by atoms with Crippen LogP contribution in [0, 0.1) is 0 Å². The maximum atomic E-state index is 5.85. The van der Waals surface area contributed by atoms with Crippen LogP contribution in [-0.4, -0.2) is 41.3 Å². The summed E-state index contributed by atoms with van der Waals surface area (Å²) < 4.78 is 17.1. The summed E-state index contributed by atoms with van der Waals surface area (Å²) >= 11 is 0. The lowest BCUT2D eigenvalue weighted by atomic mass is 10.2. The highest BCUT2D eigenvalue weighted by atomic mass is 16.5. The number of ether oxygens (including phenoxy) is 2. The topological polar surface area (TPSA) is 60.6 Å². The predicted octanol–water partition coefficient (Wildman–Crippen LogP) is 2.18.